The number of ether oxygens (including phenoxy) is 1. The molecule has 0 fully saturated rings. The maximum atomic E-state index is 11.3. The summed E-state index contributed by atoms with van der Waals surface area (Å²) in [4.78, 5) is 22.2. The van der Waals surface area contributed by atoms with Crippen molar-refractivity contribution in [2.75, 3.05) is 6.61 Å². The fourth-order valence-corrected chi connectivity index (χ4v) is 2.79. The van der Waals surface area contributed by atoms with Crippen LogP contribution < -0.4 is 0 Å². The third-order valence-corrected chi connectivity index (χ3v) is 4.35. The second kappa shape index (κ2) is 18.2. The SMILES string of the molecule is C=CCOC(=O)CCCCCCC/C=C(\CCCCCCCC)[N+](=O)[O-]. The molecule has 0 saturated carbocycles. The number of hydrogen-bond acceptors (Lipinski definition) is 4. The zero-order valence-electron chi connectivity index (χ0n) is 16.5. The van der Waals surface area contributed by atoms with Crippen molar-refractivity contribution in [2.45, 2.75) is 96.8 Å². The van der Waals surface area contributed by atoms with Gasteiger partial charge in [-0.15, -0.1) is 0 Å². The standard InChI is InChI=1S/C21H37NO4/c1-3-5-6-7-10-13-16-20(22(24)25)17-14-11-8-9-12-15-18-21(23)26-19-4-2/h4,17H,2-3,5-16,18-19H2,1H3/b20-17+. The Morgan fingerprint density at radius 3 is 2.15 bits per heavy atom. The normalized spacial score (nSPS) is 11.3. The zero-order valence-corrected chi connectivity index (χ0v) is 16.5. The number of rotatable bonds is 18. The van der Waals surface area contributed by atoms with Gasteiger partial charge in [-0.05, 0) is 31.8 Å². The summed E-state index contributed by atoms with van der Waals surface area (Å²) in [6, 6.07) is 0. The highest BCUT2D eigenvalue weighted by Crippen LogP contribution is 2.15. The molecule has 0 aliphatic heterocycles. The van der Waals surface area contributed by atoms with E-state index in [1.807, 2.05) is 0 Å². The first-order chi connectivity index (χ1) is 12.6. The van der Waals surface area contributed by atoms with Crippen LogP contribution in [0.1, 0.15) is 96.8 Å². The van der Waals surface area contributed by atoms with Gasteiger partial charge in [0.25, 0.3) is 0 Å². The Kier molecular flexibility index (Phi) is 17.0. The molecule has 0 aliphatic carbocycles. The summed E-state index contributed by atoms with van der Waals surface area (Å²) < 4.78 is 4.92. The second-order valence-electron chi connectivity index (χ2n) is 6.75. The molecule has 0 rings (SSSR count). The summed E-state index contributed by atoms with van der Waals surface area (Å²) in [7, 11) is 0. The third-order valence-electron chi connectivity index (χ3n) is 4.35. The van der Waals surface area contributed by atoms with E-state index in [0.29, 0.717) is 18.5 Å². The van der Waals surface area contributed by atoms with Gasteiger partial charge in [0.05, 0.1) is 4.92 Å². The highest BCUT2D eigenvalue weighted by Gasteiger charge is 2.09. The molecule has 0 aromatic rings. The van der Waals surface area contributed by atoms with Crippen LogP contribution in [0.4, 0.5) is 0 Å². The van der Waals surface area contributed by atoms with Crippen molar-refractivity contribution in [3.05, 3.63) is 34.5 Å². The van der Waals surface area contributed by atoms with Crippen LogP contribution in [0.3, 0.4) is 0 Å². The molecular weight excluding hydrogens is 330 g/mol. The van der Waals surface area contributed by atoms with Crippen molar-refractivity contribution in [1.82, 2.24) is 0 Å². The van der Waals surface area contributed by atoms with Gasteiger partial charge in [-0.1, -0.05) is 70.9 Å². The van der Waals surface area contributed by atoms with E-state index >= 15 is 0 Å². The van der Waals surface area contributed by atoms with Gasteiger partial charge < -0.3 is 4.74 Å². The van der Waals surface area contributed by atoms with E-state index in [2.05, 4.69) is 13.5 Å². The summed E-state index contributed by atoms with van der Waals surface area (Å²) in [5.74, 6) is -0.168. The Hall–Kier alpha value is -1.65. The molecule has 150 valence electrons. The summed E-state index contributed by atoms with van der Waals surface area (Å²) in [6.07, 6.45) is 17.0. The Labute approximate surface area is 159 Å². The van der Waals surface area contributed by atoms with Gasteiger partial charge in [-0.25, -0.2) is 0 Å². The zero-order chi connectivity index (χ0) is 19.5. The molecule has 0 aromatic carbocycles. The molecule has 0 bridgehead atoms. The van der Waals surface area contributed by atoms with Crippen LogP contribution >= 0.6 is 0 Å². The predicted octanol–water partition coefficient (Wildman–Crippen LogP) is 6.36. The molecular formula is C21H37NO4. The number of nitrogens with zero attached hydrogens (tertiary/aromatic N) is 1. The van der Waals surface area contributed by atoms with Crippen LogP contribution in [0.15, 0.2) is 24.4 Å². The van der Waals surface area contributed by atoms with Crippen LogP contribution in [0.25, 0.3) is 0 Å². The fourth-order valence-electron chi connectivity index (χ4n) is 2.79. The van der Waals surface area contributed by atoms with E-state index in [1.54, 1.807) is 12.2 Å². The fraction of sp³-hybridized carbons (Fsp3) is 0.762. The number of hydrogen-bond donors (Lipinski definition) is 0. The van der Waals surface area contributed by atoms with Crippen molar-refractivity contribution >= 4 is 5.97 Å². The molecule has 5 heteroatoms. The number of nitro groups is 1. The number of allylic oxidation sites excluding steroid dienone is 2. The maximum absolute atomic E-state index is 11.3. The van der Waals surface area contributed by atoms with Gasteiger partial charge in [-0.2, -0.15) is 0 Å². The molecule has 0 atom stereocenters. The van der Waals surface area contributed by atoms with E-state index < -0.39 is 0 Å². The van der Waals surface area contributed by atoms with Crippen molar-refractivity contribution in [3.8, 4) is 0 Å². The van der Waals surface area contributed by atoms with Gasteiger partial charge in [0.2, 0.25) is 5.70 Å². The van der Waals surface area contributed by atoms with E-state index in [0.717, 1.165) is 51.4 Å². The van der Waals surface area contributed by atoms with Crippen LogP contribution in [0, 0.1) is 10.1 Å². The highest BCUT2D eigenvalue weighted by molar-refractivity contribution is 5.69. The molecule has 0 N–H and O–H groups in total. The minimum Gasteiger partial charge on any atom is -0.461 e. The number of carbonyl (C=O) groups excluding carboxylic acids is 1. The van der Waals surface area contributed by atoms with Gasteiger partial charge >= 0.3 is 5.97 Å². The molecule has 0 unspecified atom stereocenters. The van der Waals surface area contributed by atoms with Gasteiger partial charge in [0, 0.05) is 12.8 Å². The molecule has 0 aromatic heterocycles. The van der Waals surface area contributed by atoms with Gasteiger partial charge in [-0.3, -0.25) is 14.9 Å². The smallest absolute Gasteiger partial charge is 0.306 e. The number of esters is 1. The lowest BCUT2D eigenvalue weighted by Crippen LogP contribution is -2.03. The molecule has 0 radical (unpaired) electrons. The van der Waals surface area contributed by atoms with E-state index in [-0.39, 0.29) is 17.5 Å². The lowest BCUT2D eigenvalue weighted by molar-refractivity contribution is -0.428. The second-order valence-corrected chi connectivity index (χ2v) is 6.75. The van der Waals surface area contributed by atoms with Crippen LogP contribution in [0.2, 0.25) is 0 Å². The molecule has 0 amide bonds. The minimum absolute atomic E-state index is 0.168. The van der Waals surface area contributed by atoms with Crippen LogP contribution in [-0.2, 0) is 9.53 Å². The molecule has 26 heavy (non-hydrogen) atoms. The van der Waals surface area contributed by atoms with Crippen LogP contribution in [-0.4, -0.2) is 17.5 Å². The first-order valence-electron chi connectivity index (χ1n) is 10.2. The van der Waals surface area contributed by atoms with E-state index in [4.69, 9.17) is 4.74 Å². The van der Waals surface area contributed by atoms with Gasteiger partial charge in [0.15, 0.2) is 0 Å². The first kappa shape index (κ1) is 24.4. The summed E-state index contributed by atoms with van der Waals surface area (Å²) in [5, 5.41) is 11.1. The lowest BCUT2D eigenvalue weighted by Gasteiger charge is -2.02. The maximum Gasteiger partial charge on any atom is 0.306 e. The molecule has 0 spiro atoms. The minimum atomic E-state index is -0.221. The van der Waals surface area contributed by atoms with Crippen LogP contribution in [0.5, 0.6) is 0 Å². The average Bonchev–Trinajstić information content (AvgIpc) is 2.62. The Bertz CT molecular complexity index is 418. The first-order valence-corrected chi connectivity index (χ1v) is 10.2. The molecule has 5 nitrogen and oxygen atoms in total. The monoisotopic (exact) mass is 367 g/mol. The van der Waals surface area contributed by atoms with Crippen molar-refractivity contribution in [3.63, 3.8) is 0 Å². The summed E-state index contributed by atoms with van der Waals surface area (Å²) >= 11 is 0. The predicted molar refractivity (Wildman–Crippen MR) is 107 cm³/mol. The Morgan fingerprint density at radius 1 is 0.962 bits per heavy atom. The summed E-state index contributed by atoms with van der Waals surface area (Å²) in [5.41, 5.74) is 0.380. The summed E-state index contributed by atoms with van der Waals surface area (Å²) in [6.45, 7) is 5.97. The molecule has 0 saturated heterocycles. The Balaban J connectivity index is 3.69. The topological polar surface area (TPSA) is 69.4 Å². The quantitative estimate of drug-likeness (QED) is 0.0929. The average molecular weight is 368 g/mol. The van der Waals surface area contributed by atoms with Gasteiger partial charge in [0.1, 0.15) is 6.61 Å². The van der Waals surface area contributed by atoms with E-state index in [9.17, 15) is 14.9 Å². The lowest BCUT2D eigenvalue weighted by atomic mass is 10.1. The number of carbonyl (C=O) groups is 1. The van der Waals surface area contributed by atoms with Crippen molar-refractivity contribution < 1.29 is 14.5 Å². The largest absolute Gasteiger partial charge is 0.461 e. The van der Waals surface area contributed by atoms with Crippen molar-refractivity contribution in [1.29, 1.82) is 0 Å². The molecule has 0 heterocycles. The highest BCUT2D eigenvalue weighted by atomic mass is 16.6. The third kappa shape index (κ3) is 15.9. The van der Waals surface area contributed by atoms with E-state index in [1.165, 1.54) is 25.7 Å². The molecule has 0 aliphatic rings. The number of unbranched alkanes of at least 4 members (excludes halogenated alkanes) is 10. The van der Waals surface area contributed by atoms with Crippen molar-refractivity contribution in [2.24, 2.45) is 0 Å². The Morgan fingerprint density at radius 2 is 1.54 bits per heavy atom.